The van der Waals surface area contributed by atoms with Gasteiger partial charge in [0, 0.05) is 21.2 Å². The van der Waals surface area contributed by atoms with Crippen LogP contribution in [-0.4, -0.2) is 0 Å². The molecule has 0 radical (unpaired) electrons. The van der Waals surface area contributed by atoms with Crippen molar-refractivity contribution >= 4 is 34.9 Å². The van der Waals surface area contributed by atoms with Crippen LogP contribution in [0.2, 0.25) is 0 Å². The second kappa shape index (κ2) is 7.72. The summed E-state index contributed by atoms with van der Waals surface area (Å²) in [6.45, 7) is 0. The molecule has 0 unspecified atom stereocenters. The first-order chi connectivity index (χ1) is 9.77. The number of thioether (sulfide) groups is 2. The summed E-state index contributed by atoms with van der Waals surface area (Å²) < 4.78 is 0. The number of nitrogens with two attached hydrogens (primary N) is 2. The number of para-hydroxylation sites is 2. The molecule has 0 saturated carbocycles. The van der Waals surface area contributed by atoms with E-state index in [2.05, 4.69) is 0 Å². The van der Waals surface area contributed by atoms with Gasteiger partial charge in [-0.3, -0.25) is 0 Å². The summed E-state index contributed by atoms with van der Waals surface area (Å²) in [6.07, 6.45) is 3.98. The van der Waals surface area contributed by atoms with Gasteiger partial charge in [0.15, 0.2) is 0 Å². The molecule has 0 saturated heterocycles. The van der Waals surface area contributed by atoms with E-state index < -0.39 is 0 Å². The molecule has 0 bridgehead atoms. The molecular formula is C16H16N2S2. The molecule has 0 aliphatic heterocycles. The van der Waals surface area contributed by atoms with Crippen LogP contribution in [0.15, 0.2) is 81.3 Å². The van der Waals surface area contributed by atoms with Gasteiger partial charge in [-0.25, -0.2) is 0 Å². The molecule has 2 aromatic rings. The van der Waals surface area contributed by atoms with Crippen molar-refractivity contribution in [2.24, 2.45) is 0 Å². The van der Waals surface area contributed by atoms with Crippen LogP contribution in [0.1, 0.15) is 0 Å². The Bertz CT molecular complexity index is 566. The zero-order chi connectivity index (χ0) is 14.2. The van der Waals surface area contributed by atoms with E-state index in [0.29, 0.717) is 0 Å². The fourth-order valence-electron chi connectivity index (χ4n) is 1.49. The van der Waals surface area contributed by atoms with E-state index in [9.17, 15) is 0 Å². The third-order valence-electron chi connectivity index (χ3n) is 2.50. The summed E-state index contributed by atoms with van der Waals surface area (Å²) in [5, 5.41) is 4.02. The molecule has 0 atom stereocenters. The first kappa shape index (κ1) is 14.6. The van der Waals surface area contributed by atoms with Gasteiger partial charge in [0.05, 0.1) is 0 Å². The summed E-state index contributed by atoms with van der Waals surface area (Å²) in [4.78, 5) is 2.13. The van der Waals surface area contributed by atoms with E-state index in [-0.39, 0.29) is 0 Å². The lowest BCUT2D eigenvalue weighted by Gasteiger charge is -2.00. The molecule has 0 fully saturated rings. The van der Waals surface area contributed by atoms with Gasteiger partial charge in [0.1, 0.15) is 0 Å². The number of nitrogen functional groups attached to an aromatic ring is 2. The number of hydrogen-bond acceptors (Lipinski definition) is 4. The monoisotopic (exact) mass is 300 g/mol. The Morgan fingerprint density at radius 1 is 0.650 bits per heavy atom. The van der Waals surface area contributed by atoms with Gasteiger partial charge in [-0.15, -0.1) is 0 Å². The predicted octanol–water partition coefficient (Wildman–Crippen LogP) is 4.76. The van der Waals surface area contributed by atoms with Crippen molar-refractivity contribution in [1.29, 1.82) is 0 Å². The van der Waals surface area contributed by atoms with Crippen molar-refractivity contribution < 1.29 is 0 Å². The molecule has 0 amide bonds. The van der Waals surface area contributed by atoms with Gasteiger partial charge in [-0.2, -0.15) is 0 Å². The quantitative estimate of drug-likeness (QED) is 0.475. The lowest BCUT2D eigenvalue weighted by Crippen LogP contribution is -1.85. The Balaban J connectivity index is 1.83. The van der Waals surface area contributed by atoms with Crippen LogP contribution in [0.3, 0.4) is 0 Å². The number of anilines is 2. The van der Waals surface area contributed by atoms with Crippen molar-refractivity contribution in [3.63, 3.8) is 0 Å². The molecule has 2 aromatic carbocycles. The summed E-state index contributed by atoms with van der Waals surface area (Å²) in [7, 11) is 0. The maximum Gasteiger partial charge on any atom is 0.0455 e. The van der Waals surface area contributed by atoms with Crippen LogP contribution in [0.5, 0.6) is 0 Å². The van der Waals surface area contributed by atoms with E-state index in [4.69, 9.17) is 11.5 Å². The fourth-order valence-corrected chi connectivity index (χ4v) is 2.85. The highest BCUT2D eigenvalue weighted by Crippen LogP contribution is 2.26. The highest BCUT2D eigenvalue weighted by molar-refractivity contribution is 8.02. The largest absolute Gasteiger partial charge is 0.398 e. The van der Waals surface area contributed by atoms with Gasteiger partial charge in [-0.05, 0) is 35.1 Å². The van der Waals surface area contributed by atoms with Crippen LogP contribution in [-0.2, 0) is 0 Å². The SMILES string of the molecule is Nc1ccccc1SC=CC=CSc1ccccc1N. The molecular weight excluding hydrogens is 284 g/mol. The molecule has 4 heteroatoms. The first-order valence-electron chi connectivity index (χ1n) is 6.11. The summed E-state index contributed by atoms with van der Waals surface area (Å²) >= 11 is 3.21. The van der Waals surface area contributed by atoms with Gasteiger partial charge in [-0.1, -0.05) is 59.9 Å². The zero-order valence-corrected chi connectivity index (χ0v) is 12.5. The molecule has 2 nitrogen and oxygen atoms in total. The van der Waals surface area contributed by atoms with E-state index >= 15 is 0 Å². The minimum absolute atomic E-state index is 0.803. The van der Waals surface area contributed by atoms with E-state index in [1.165, 1.54) is 0 Å². The Kier molecular flexibility index (Phi) is 5.65. The Morgan fingerprint density at radius 2 is 1.05 bits per heavy atom. The number of allylic oxidation sites excluding steroid dienone is 2. The number of benzene rings is 2. The molecule has 20 heavy (non-hydrogen) atoms. The van der Waals surface area contributed by atoms with Crippen LogP contribution >= 0.6 is 23.5 Å². The average molecular weight is 300 g/mol. The third-order valence-corrected chi connectivity index (χ3v) is 4.33. The van der Waals surface area contributed by atoms with Crippen LogP contribution in [0.25, 0.3) is 0 Å². The topological polar surface area (TPSA) is 52.0 Å². The molecule has 4 N–H and O–H groups in total. The maximum atomic E-state index is 5.86. The highest BCUT2D eigenvalue weighted by Gasteiger charge is 1.95. The minimum atomic E-state index is 0.803. The smallest absolute Gasteiger partial charge is 0.0455 e. The molecule has 102 valence electrons. The van der Waals surface area contributed by atoms with Crippen LogP contribution < -0.4 is 11.5 Å². The number of hydrogen-bond donors (Lipinski definition) is 2. The van der Waals surface area contributed by atoms with Crippen LogP contribution in [0, 0.1) is 0 Å². The molecule has 2 rings (SSSR count). The van der Waals surface area contributed by atoms with Gasteiger partial charge in [0.25, 0.3) is 0 Å². The zero-order valence-electron chi connectivity index (χ0n) is 10.9. The lowest BCUT2D eigenvalue weighted by atomic mass is 10.3. The summed E-state index contributed by atoms with van der Waals surface area (Å²) in [5.41, 5.74) is 13.3. The standard InChI is InChI=1S/C16H16N2S2/c17-13-7-1-3-9-15(13)19-11-5-6-12-20-16-10-4-2-8-14(16)18/h1-12H,17-18H2. The maximum absolute atomic E-state index is 5.86. The van der Waals surface area contributed by atoms with Crippen molar-refractivity contribution in [2.75, 3.05) is 11.5 Å². The van der Waals surface area contributed by atoms with Gasteiger partial charge >= 0.3 is 0 Å². The van der Waals surface area contributed by atoms with Gasteiger partial charge < -0.3 is 11.5 Å². The average Bonchev–Trinajstić information content (AvgIpc) is 2.46. The molecule has 0 aliphatic rings. The van der Waals surface area contributed by atoms with E-state index in [1.54, 1.807) is 23.5 Å². The minimum Gasteiger partial charge on any atom is -0.398 e. The van der Waals surface area contributed by atoms with Crippen molar-refractivity contribution in [1.82, 2.24) is 0 Å². The summed E-state index contributed by atoms with van der Waals surface area (Å²) in [6, 6.07) is 15.7. The Labute approximate surface area is 127 Å². The van der Waals surface area contributed by atoms with E-state index in [1.807, 2.05) is 71.5 Å². The van der Waals surface area contributed by atoms with Crippen molar-refractivity contribution in [3.05, 3.63) is 71.5 Å². The fraction of sp³-hybridized carbons (Fsp3) is 0. The lowest BCUT2D eigenvalue weighted by molar-refractivity contribution is 1.47. The van der Waals surface area contributed by atoms with Gasteiger partial charge in [0.2, 0.25) is 0 Å². The first-order valence-corrected chi connectivity index (χ1v) is 7.87. The van der Waals surface area contributed by atoms with Crippen molar-refractivity contribution in [3.8, 4) is 0 Å². The second-order valence-electron chi connectivity index (χ2n) is 3.97. The summed E-state index contributed by atoms with van der Waals surface area (Å²) in [5.74, 6) is 0. The molecule has 0 aromatic heterocycles. The predicted molar refractivity (Wildman–Crippen MR) is 91.7 cm³/mol. The Morgan fingerprint density at radius 3 is 1.45 bits per heavy atom. The van der Waals surface area contributed by atoms with E-state index in [0.717, 1.165) is 21.2 Å². The highest BCUT2D eigenvalue weighted by atomic mass is 32.2. The molecule has 0 spiro atoms. The third kappa shape index (κ3) is 4.40. The number of rotatable bonds is 5. The van der Waals surface area contributed by atoms with Crippen molar-refractivity contribution in [2.45, 2.75) is 9.79 Å². The molecule has 0 heterocycles. The normalized spacial score (nSPS) is 11.4. The molecule has 0 aliphatic carbocycles. The second-order valence-corrected chi connectivity index (χ2v) is 5.86. The Hall–Kier alpha value is -1.78. The van der Waals surface area contributed by atoms with Crippen LogP contribution in [0.4, 0.5) is 11.4 Å².